The van der Waals surface area contributed by atoms with Crippen LogP contribution in [-0.4, -0.2) is 28.1 Å². The molecular formula is C17H17NO4. The van der Waals surface area contributed by atoms with Crippen LogP contribution in [0.3, 0.4) is 0 Å². The van der Waals surface area contributed by atoms with Gasteiger partial charge >= 0.3 is 5.97 Å². The number of rotatable bonds is 6. The van der Waals surface area contributed by atoms with Crippen molar-refractivity contribution in [3.8, 4) is 0 Å². The molecular weight excluding hydrogens is 282 g/mol. The van der Waals surface area contributed by atoms with Crippen molar-refractivity contribution in [2.45, 2.75) is 18.6 Å². The summed E-state index contributed by atoms with van der Waals surface area (Å²) in [5.41, 5.74) is 1.22. The van der Waals surface area contributed by atoms with E-state index < -0.39 is 24.0 Å². The van der Waals surface area contributed by atoms with Gasteiger partial charge in [-0.3, -0.25) is 4.79 Å². The molecule has 2 aromatic carbocycles. The first-order valence-electron chi connectivity index (χ1n) is 6.88. The SMILES string of the molecule is O=C(N[C@H](Cc1ccccc1)C(=O)O)C(O)c1ccccc1. The summed E-state index contributed by atoms with van der Waals surface area (Å²) in [7, 11) is 0. The predicted molar refractivity (Wildman–Crippen MR) is 81.1 cm³/mol. The van der Waals surface area contributed by atoms with E-state index >= 15 is 0 Å². The van der Waals surface area contributed by atoms with E-state index in [-0.39, 0.29) is 6.42 Å². The summed E-state index contributed by atoms with van der Waals surface area (Å²) < 4.78 is 0. The normalized spacial score (nSPS) is 13.1. The highest BCUT2D eigenvalue weighted by molar-refractivity contribution is 5.87. The molecule has 114 valence electrons. The van der Waals surface area contributed by atoms with Crippen LogP contribution in [0.25, 0.3) is 0 Å². The topological polar surface area (TPSA) is 86.6 Å². The summed E-state index contributed by atoms with van der Waals surface area (Å²) in [4.78, 5) is 23.3. The average Bonchev–Trinajstić information content (AvgIpc) is 2.55. The van der Waals surface area contributed by atoms with Gasteiger partial charge in [-0.15, -0.1) is 0 Å². The van der Waals surface area contributed by atoms with Gasteiger partial charge in [0.1, 0.15) is 6.04 Å². The minimum atomic E-state index is -1.39. The lowest BCUT2D eigenvalue weighted by Crippen LogP contribution is -2.44. The molecule has 1 unspecified atom stereocenters. The van der Waals surface area contributed by atoms with Gasteiger partial charge in [-0.05, 0) is 11.1 Å². The van der Waals surface area contributed by atoms with Crippen LogP contribution < -0.4 is 5.32 Å². The first kappa shape index (κ1) is 15.7. The van der Waals surface area contributed by atoms with Crippen LogP contribution in [-0.2, 0) is 16.0 Å². The van der Waals surface area contributed by atoms with Crippen molar-refractivity contribution in [2.24, 2.45) is 0 Å². The predicted octanol–water partition coefficient (Wildman–Crippen LogP) is 1.53. The lowest BCUT2D eigenvalue weighted by Gasteiger charge is -2.17. The Morgan fingerprint density at radius 1 is 0.955 bits per heavy atom. The second-order valence-corrected chi connectivity index (χ2v) is 4.90. The Labute approximate surface area is 128 Å². The fourth-order valence-electron chi connectivity index (χ4n) is 2.09. The molecule has 0 radical (unpaired) electrons. The quantitative estimate of drug-likeness (QED) is 0.755. The van der Waals surface area contributed by atoms with Gasteiger partial charge in [0.05, 0.1) is 0 Å². The fourth-order valence-corrected chi connectivity index (χ4v) is 2.09. The zero-order valence-electron chi connectivity index (χ0n) is 11.8. The first-order chi connectivity index (χ1) is 10.6. The maximum atomic E-state index is 12.0. The summed E-state index contributed by atoms with van der Waals surface area (Å²) in [6.07, 6.45) is -1.23. The monoisotopic (exact) mass is 299 g/mol. The fraction of sp³-hybridized carbons (Fsp3) is 0.176. The molecule has 0 bridgehead atoms. The van der Waals surface area contributed by atoms with Crippen molar-refractivity contribution in [3.05, 3.63) is 71.8 Å². The van der Waals surface area contributed by atoms with E-state index in [0.717, 1.165) is 5.56 Å². The summed E-state index contributed by atoms with van der Waals surface area (Å²) in [6.45, 7) is 0. The summed E-state index contributed by atoms with van der Waals surface area (Å²) >= 11 is 0. The van der Waals surface area contributed by atoms with E-state index in [1.807, 2.05) is 6.07 Å². The highest BCUT2D eigenvalue weighted by atomic mass is 16.4. The Morgan fingerprint density at radius 2 is 1.50 bits per heavy atom. The highest BCUT2D eigenvalue weighted by Crippen LogP contribution is 2.13. The highest BCUT2D eigenvalue weighted by Gasteiger charge is 2.25. The van der Waals surface area contributed by atoms with Crippen molar-refractivity contribution in [2.75, 3.05) is 0 Å². The number of carboxylic acids is 1. The number of amides is 1. The Hall–Kier alpha value is -2.66. The summed E-state index contributed by atoms with van der Waals surface area (Å²) in [5, 5.41) is 21.6. The van der Waals surface area contributed by atoms with Gasteiger partial charge in [0, 0.05) is 6.42 Å². The number of carboxylic acid groups (broad SMARTS) is 1. The molecule has 0 saturated heterocycles. The number of hydrogen-bond acceptors (Lipinski definition) is 3. The van der Waals surface area contributed by atoms with Crippen LogP contribution in [0.2, 0.25) is 0 Å². The molecule has 0 heterocycles. The molecule has 0 saturated carbocycles. The Balaban J connectivity index is 2.04. The molecule has 5 nitrogen and oxygen atoms in total. The smallest absolute Gasteiger partial charge is 0.326 e. The number of hydrogen-bond donors (Lipinski definition) is 3. The lowest BCUT2D eigenvalue weighted by molar-refractivity contribution is -0.143. The van der Waals surface area contributed by atoms with E-state index in [1.165, 1.54) is 0 Å². The van der Waals surface area contributed by atoms with Gasteiger partial charge in [-0.25, -0.2) is 4.79 Å². The van der Waals surface area contributed by atoms with E-state index in [1.54, 1.807) is 54.6 Å². The van der Waals surface area contributed by atoms with Crippen molar-refractivity contribution >= 4 is 11.9 Å². The number of benzene rings is 2. The number of carbonyl (C=O) groups is 2. The zero-order valence-corrected chi connectivity index (χ0v) is 11.8. The number of aliphatic hydroxyl groups is 1. The number of aliphatic carboxylic acids is 1. The third kappa shape index (κ3) is 4.17. The summed E-state index contributed by atoms with van der Waals surface area (Å²) in [6, 6.07) is 16.3. The van der Waals surface area contributed by atoms with Crippen LogP contribution in [0.15, 0.2) is 60.7 Å². The second-order valence-electron chi connectivity index (χ2n) is 4.90. The lowest BCUT2D eigenvalue weighted by atomic mass is 10.0. The van der Waals surface area contributed by atoms with E-state index in [4.69, 9.17) is 0 Å². The van der Waals surface area contributed by atoms with Crippen molar-refractivity contribution in [3.63, 3.8) is 0 Å². The van der Waals surface area contributed by atoms with Crippen molar-refractivity contribution in [1.82, 2.24) is 5.32 Å². The van der Waals surface area contributed by atoms with Gasteiger partial charge in [0.25, 0.3) is 5.91 Å². The molecule has 0 aliphatic carbocycles. The van der Waals surface area contributed by atoms with E-state index in [2.05, 4.69) is 5.32 Å². The van der Waals surface area contributed by atoms with Gasteiger partial charge in [0.2, 0.25) is 0 Å². The Kier molecular flexibility index (Phi) is 5.27. The number of nitrogens with one attached hydrogen (secondary N) is 1. The molecule has 2 aromatic rings. The van der Waals surface area contributed by atoms with Gasteiger partial charge < -0.3 is 15.5 Å². The third-order valence-corrected chi connectivity index (χ3v) is 3.26. The van der Waals surface area contributed by atoms with Crippen LogP contribution in [0, 0.1) is 0 Å². The minimum Gasteiger partial charge on any atom is -0.480 e. The maximum Gasteiger partial charge on any atom is 0.326 e. The van der Waals surface area contributed by atoms with Crippen LogP contribution >= 0.6 is 0 Å². The molecule has 1 amide bonds. The molecule has 2 rings (SSSR count). The summed E-state index contributed by atoms with van der Waals surface area (Å²) in [5.74, 6) is -1.87. The second kappa shape index (κ2) is 7.38. The molecule has 2 atom stereocenters. The molecule has 3 N–H and O–H groups in total. The average molecular weight is 299 g/mol. The third-order valence-electron chi connectivity index (χ3n) is 3.26. The first-order valence-corrected chi connectivity index (χ1v) is 6.88. The molecule has 5 heteroatoms. The maximum absolute atomic E-state index is 12.0. The molecule has 0 aliphatic heterocycles. The van der Waals surface area contributed by atoms with Crippen LogP contribution in [0.1, 0.15) is 17.2 Å². The van der Waals surface area contributed by atoms with Crippen molar-refractivity contribution in [1.29, 1.82) is 0 Å². The van der Waals surface area contributed by atoms with Gasteiger partial charge in [-0.2, -0.15) is 0 Å². The minimum absolute atomic E-state index is 0.156. The zero-order chi connectivity index (χ0) is 15.9. The largest absolute Gasteiger partial charge is 0.480 e. The standard InChI is InChI=1S/C17H17NO4/c19-15(13-9-5-2-6-10-13)16(20)18-14(17(21)22)11-12-7-3-1-4-8-12/h1-10,14-15,19H,11H2,(H,18,20)(H,21,22)/t14-,15?/m1/s1. The van der Waals surface area contributed by atoms with Gasteiger partial charge in [-0.1, -0.05) is 60.7 Å². The van der Waals surface area contributed by atoms with E-state index in [9.17, 15) is 19.8 Å². The van der Waals surface area contributed by atoms with Gasteiger partial charge in [0.15, 0.2) is 6.10 Å². The van der Waals surface area contributed by atoms with Crippen LogP contribution in [0.5, 0.6) is 0 Å². The van der Waals surface area contributed by atoms with Crippen LogP contribution in [0.4, 0.5) is 0 Å². The Bertz CT molecular complexity index is 628. The number of carbonyl (C=O) groups excluding carboxylic acids is 1. The van der Waals surface area contributed by atoms with Crippen molar-refractivity contribution < 1.29 is 19.8 Å². The molecule has 0 spiro atoms. The molecule has 22 heavy (non-hydrogen) atoms. The number of aliphatic hydroxyl groups excluding tert-OH is 1. The molecule has 0 aliphatic rings. The van der Waals surface area contributed by atoms with E-state index in [0.29, 0.717) is 5.56 Å². The molecule has 0 aromatic heterocycles. The molecule has 0 fully saturated rings. The Morgan fingerprint density at radius 3 is 2.05 bits per heavy atom.